The van der Waals surface area contributed by atoms with E-state index in [-0.39, 0.29) is 30.8 Å². The zero-order valence-electron chi connectivity index (χ0n) is 12.0. The van der Waals surface area contributed by atoms with Gasteiger partial charge in [-0.25, -0.2) is 0 Å². The molecular weight excluding hydrogens is 278 g/mol. The fourth-order valence-electron chi connectivity index (χ4n) is 2.85. The Morgan fingerprint density at radius 3 is 2.45 bits per heavy atom. The summed E-state index contributed by atoms with van der Waals surface area (Å²) in [5, 5.41) is 6.08. The minimum Gasteiger partial charge on any atom is -0.347 e. The van der Waals surface area contributed by atoms with Gasteiger partial charge in [0.05, 0.1) is 6.54 Å². The molecule has 2 aliphatic heterocycles. The molecule has 0 unspecified atom stereocenters. The van der Waals surface area contributed by atoms with Crippen molar-refractivity contribution in [1.82, 2.24) is 15.5 Å². The normalized spacial score (nSPS) is 19.5. The molecule has 0 aromatic carbocycles. The van der Waals surface area contributed by atoms with Crippen LogP contribution in [0.15, 0.2) is 0 Å². The van der Waals surface area contributed by atoms with Crippen molar-refractivity contribution in [3.63, 3.8) is 0 Å². The molecule has 0 spiro atoms. The second-order valence-electron chi connectivity index (χ2n) is 5.60. The summed E-state index contributed by atoms with van der Waals surface area (Å²) in [5.41, 5.74) is 0. The van der Waals surface area contributed by atoms with Crippen LogP contribution < -0.4 is 10.6 Å². The van der Waals surface area contributed by atoms with E-state index in [9.17, 15) is 9.59 Å². The Kier molecular flexibility index (Phi) is 7.92. The van der Waals surface area contributed by atoms with Crippen molar-refractivity contribution in [3.8, 4) is 0 Å². The van der Waals surface area contributed by atoms with E-state index in [2.05, 4.69) is 10.6 Å². The minimum atomic E-state index is 0. The summed E-state index contributed by atoms with van der Waals surface area (Å²) in [6.07, 6.45) is 6.02. The van der Waals surface area contributed by atoms with Crippen LogP contribution in [0, 0.1) is 5.92 Å². The zero-order valence-corrected chi connectivity index (χ0v) is 12.8. The molecule has 0 aliphatic carbocycles. The Balaban J connectivity index is 0.00000200. The number of piperidine rings is 1. The molecule has 0 atom stereocenters. The van der Waals surface area contributed by atoms with E-state index in [1.165, 1.54) is 12.8 Å². The molecule has 0 bridgehead atoms. The van der Waals surface area contributed by atoms with Gasteiger partial charge in [0.15, 0.2) is 0 Å². The predicted octanol–water partition coefficient (Wildman–Crippen LogP) is 0.927. The number of halogens is 1. The molecule has 0 aromatic heterocycles. The van der Waals surface area contributed by atoms with Crippen molar-refractivity contribution in [3.05, 3.63) is 0 Å². The van der Waals surface area contributed by atoms with Gasteiger partial charge in [0, 0.05) is 19.5 Å². The van der Waals surface area contributed by atoms with Gasteiger partial charge in [0.2, 0.25) is 11.8 Å². The number of nitrogens with zero attached hydrogens (tertiary/aromatic N) is 1. The van der Waals surface area contributed by atoms with Crippen LogP contribution in [0.2, 0.25) is 0 Å². The molecule has 6 heteroatoms. The molecule has 116 valence electrons. The summed E-state index contributed by atoms with van der Waals surface area (Å²) in [6.45, 7) is 4.01. The van der Waals surface area contributed by atoms with Crippen molar-refractivity contribution in [1.29, 1.82) is 0 Å². The minimum absolute atomic E-state index is 0. The van der Waals surface area contributed by atoms with E-state index in [0.717, 1.165) is 45.4 Å². The number of amides is 2. The summed E-state index contributed by atoms with van der Waals surface area (Å²) in [6, 6.07) is 0. The number of rotatable bonds is 5. The number of hydrogen-bond acceptors (Lipinski definition) is 3. The molecule has 2 saturated heterocycles. The highest BCUT2D eigenvalue weighted by Crippen LogP contribution is 2.17. The van der Waals surface area contributed by atoms with Crippen LogP contribution in [-0.2, 0) is 9.59 Å². The lowest BCUT2D eigenvalue weighted by Crippen LogP contribution is -2.38. The lowest BCUT2D eigenvalue weighted by molar-refractivity contribution is -0.132. The molecule has 0 radical (unpaired) electrons. The number of carbonyl (C=O) groups is 2. The Hall–Kier alpha value is -0.810. The van der Waals surface area contributed by atoms with E-state index in [4.69, 9.17) is 0 Å². The van der Waals surface area contributed by atoms with E-state index in [0.29, 0.717) is 12.3 Å². The van der Waals surface area contributed by atoms with Crippen LogP contribution in [0.25, 0.3) is 0 Å². The van der Waals surface area contributed by atoms with Gasteiger partial charge in [0.1, 0.15) is 0 Å². The summed E-state index contributed by atoms with van der Waals surface area (Å²) in [5.74, 6) is 0.750. The first-order chi connectivity index (χ1) is 9.25. The topological polar surface area (TPSA) is 61.4 Å². The Labute approximate surface area is 127 Å². The zero-order chi connectivity index (χ0) is 13.5. The van der Waals surface area contributed by atoms with Crippen molar-refractivity contribution in [2.75, 3.05) is 32.7 Å². The fourth-order valence-corrected chi connectivity index (χ4v) is 2.85. The van der Waals surface area contributed by atoms with Crippen LogP contribution >= 0.6 is 12.4 Å². The molecule has 2 amide bonds. The maximum absolute atomic E-state index is 11.8. The third-order valence-electron chi connectivity index (χ3n) is 4.13. The van der Waals surface area contributed by atoms with Gasteiger partial charge in [-0.1, -0.05) is 0 Å². The van der Waals surface area contributed by atoms with Crippen LogP contribution in [0.4, 0.5) is 0 Å². The van der Waals surface area contributed by atoms with Gasteiger partial charge in [-0.3, -0.25) is 9.59 Å². The molecular formula is C14H26ClN3O2. The Morgan fingerprint density at radius 1 is 1.15 bits per heavy atom. The maximum atomic E-state index is 11.8. The first kappa shape index (κ1) is 17.2. The lowest BCUT2D eigenvalue weighted by Gasteiger charge is -2.22. The summed E-state index contributed by atoms with van der Waals surface area (Å²) in [7, 11) is 0. The van der Waals surface area contributed by atoms with Gasteiger partial charge in [-0.05, 0) is 51.1 Å². The van der Waals surface area contributed by atoms with E-state index >= 15 is 0 Å². The van der Waals surface area contributed by atoms with Gasteiger partial charge < -0.3 is 15.5 Å². The van der Waals surface area contributed by atoms with Gasteiger partial charge in [0.25, 0.3) is 0 Å². The van der Waals surface area contributed by atoms with Crippen molar-refractivity contribution >= 4 is 24.2 Å². The van der Waals surface area contributed by atoms with E-state index < -0.39 is 0 Å². The Morgan fingerprint density at radius 2 is 1.80 bits per heavy atom. The number of likely N-dealkylation sites (tertiary alicyclic amines) is 1. The maximum Gasteiger partial charge on any atom is 0.241 e. The number of carbonyl (C=O) groups excluding carboxylic acids is 2. The molecule has 5 nitrogen and oxygen atoms in total. The molecule has 20 heavy (non-hydrogen) atoms. The summed E-state index contributed by atoms with van der Waals surface area (Å²) >= 11 is 0. The van der Waals surface area contributed by atoms with Crippen molar-refractivity contribution in [2.45, 2.75) is 38.5 Å². The van der Waals surface area contributed by atoms with Crippen LogP contribution in [0.3, 0.4) is 0 Å². The lowest BCUT2D eigenvalue weighted by atomic mass is 9.93. The fraction of sp³-hybridized carbons (Fsp3) is 0.857. The second kappa shape index (κ2) is 9.19. The van der Waals surface area contributed by atoms with Gasteiger partial charge in [-0.15, -0.1) is 12.4 Å². The molecule has 2 heterocycles. The molecule has 2 rings (SSSR count). The average molecular weight is 304 g/mol. The van der Waals surface area contributed by atoms with Gasteiger partial charge >= 0.3 is 0 Å². The number of hydrogen-bond donors (Lipinski definition) is 2. The summed E-state index contributed by atoms with van der Waals surface area (Å²) in [4.78, 5) is 25.3. The quantitative estimate of drug-likeness (QED) is 0.794. The molecule has 0 saturated carbocycles. The van der Waals surface area contributed by atoms with Gasteiger partial charge in [-0.2, -0.15) is 0 Å². The summed E-state index contributed by atoms with van der Waals surface area (Å²) < 4.78 is 0. The molecule has 0 aromatic rings. The van der Waals surface area contributed by atoms with E-state index in [1.807, 2.05) is 4.90 Å². The monoisotopic (exact) mass is 303 g/mol. The van der Waals surface area contributed by atoms with Crippen LogP contribution in [0.1, 0.15) is 38.5 Å². The van der Waals surface area contributed by atoms with Crippen molar-refractivity contribution in [2.24, 2.45) is 5.92 Å². The highest BCUT2D eigenvalue weighted by molar-refractivity contribution is 5.85. The highest BCUT2D eigenvalue weighted by Gasteiger charge is 2.19. The van der Waals surface area contributed by atoms with Crippen LogP contribution in [-0.4, -0.2) is 49.4 Å². The number of nitrogens with one attached hydrogen (secondary N) is 2. The third-order valence-corrected chi connectivity index (χ3v) is 4.13. The van der Waals surface area contributed by atoms with Crippen molar-refractivity contribution < 1.29 is 9.59 Å². The van der Waals surface area contributed by atoms with E-state index in [1.54, 1.807) is 0 Å². The highest BCUT2D eigenvalue weighted by atomic mass is 35.5. The standard InChI is InChI=1S/C14H25N3O2.ClH/c18-13(4-3-12-5-7-15-8-6-12)16-11-14(19)17-9-1-2-10-17;/h12,15H,1-11H2,(H,16,18);1H. The first-order valence-electron chi connectivity index (χ1n) is 7.51. The largest absolute Gasteiger partial charge is 0.347 e. The Bertz CT molecular complexity index is 314. The molecule has 2 aliphatic rings. The molecule has 2 fully saturated rings. The average Bonchev–Trinajstić information content (AvgIpc) is 2.98. The first-order valence-corrected chi connectivity index (χ1v) is 7.51. The predicted molar refractivity (Wildman–Crippen MR) is 80.9 cm³/mol. The van der Waals surface area contributed by atoms with Crippen LogP contribution in [0.5, 0.6) is 0 Å². The smallest absolute Gasteiger partial charge is 0.241 e. The molecule has 2 N–H and O–H groups in total. The second-order valence-corrected chi connectivity index (χ2v) is 5.60. The SMILES string of the molecule is Cl.O=C(CCC1CCNCC1)NCC(=O)N1CCCC1. The third kappa shape index (κ3) is 5.67.